The van der Waals surface area contributed by atoms with Gasteiger partial charge in [-0.1, -0.05) is 42.5 Å². The monoisotopic (exact) mass is 688 g/mol. The molecule has 3 amide bonds. The van der Waals surface area contributed by atoms with Crippen molar-refractivity contribution in [2.45, 2.75) is 50.7 Å². The average molecular weight is 689 g/mol. The van der Waals surface area contributed by atoms with E-state index < -0.39 is 29.7 Å². The molecule has 2 atom stereocenters. The highest BCUT2D eigenvalue weighted by Gasteiger charge is 2.32. The Morgan fingerprint density at radius 2 is 1.66 bits per heavy atom. The summed E-state index contributed by atoms with van der Waals surface area (Å²) >= 11 is 0. The molecule has 266 valence electrons. The lowest BCUT2D eigenvalue weighted by atomic mass is 9.96. The fraction of sp³-hybridized carbons (Fsp3) is 0.472. The molecule has 1 unspecified atom stereocenters. The van der Waals surface area contributed by atoms with Crippen molar-refractivity contribution in [1.82, 2.24) is 25.1 Å². The number of likely N-dealkylation sites (tertiary alicyclic amines) is 1. The van der Waals surface area contributed by atoms with Gasteiger partial charge in [0, 0.05) is 64.0 Å². The van der Waals surface area contributed by atoms with E-state index in [-0.39, 0.29) is 36.7 Å². The Balaban J connectivity index is 1.00. The number of halogens is 1. The Morgan fingerprint density at radius 3 is 2.38 bits per heavy atom. The molecular weight excluding hydrogens is 643 g/mol. The van der Waals surface area contributed by atoms with E-state index in [2.05, 4.69) is 43.0 Å². The summed E-state index contributed by atoms with van der Waals surface area (Å²) in [6.45, 7) is 5.44. The number of ether oxygens (including phenoxy) is 1. The molecule has 50 heavy (non-hydrogen) atoms. The van der Waals surface area contributed by atoms with E-state index in [9.17, 15) is 19.5 Å². The molecule has 3 saturated heterocycles. The number of hydrogen-bond acceptors (Lipinski definition) is 9. The summed E-state index contributed by atoms with van der Waals surface area (Å²) < 4.78 is 21.1. The van der Waals surface area contributed by atoms with Gasteiger partial charge in [0.05, 0.1) is 19.1 Å². The molecular formula is C36H45FN8O5. The summed E-state index contributed by atoms with van der Waals surface area (Å²) in [4.78, 5) is 52.3. The Hall–Kier alpha value is -4.82. The highest BCUT2D eigenvalue weighted by molar-refractivity contribution is 5.89. The number of nitrogens with one attached hydrogen (secondary N) is 3. The predicted molar refractivity (Wildman–Crippen MR) is 186 cm³/mol. The van der Waals surface area contributed by atoms with Crippen LogP contribution in [0.15, 0.2) is 60.9 Å². The van der Waals surface area contributed by atoms with Crippen molar-refractivity contribution in [3.63, 3.8) is 0 Å². The van der Waals surface area contributed by atoms with Gasteiger partial charge >= 0.3 is 12.0 Å². The van der Waals surface area contributed by atoms with Crippen LogP contribution in [0.5, 0.6) is 0 Å². The third kappa shape index (κ3) is 9.24. The van der Waals surface area contributed by atoms with Crippen LogP contribution in [0.1, 0.15) is 36.8 Å². The molecule has 4 heterocycles. The predicted octanol–water partition coefficient (Wildman–Crippen LogP) is 3.58. The normalized spacial score (nSPS) is 19.4. The summed E-state index contributed by atoms with van der Waals surface area (Å²) in [5, 5.41) is 18.8. The van der Waals surface area contributed by atoms with E-state index in [1.165, 1.54) is 11.9 Å². The Bertz CT molecular complexity index is 1600. The van der Waals surface area contributed by atoms with Gasteiger partial charge in [0.25, 0.3) is 0 Å². The van der Waals surface area contributed by atoms with Crippen LogP contribution >= 0.6 is 0 Å². The molecule has 3 aliphatic heterocycles. The number of amides is 3. The van der Waals surface area contributed by atoms with Crippen molar-refractivity contribution in [1.29, 1.82) is 0 Å². The number of anilines is 3. The topological polar surface area (TPSA) is 152 Å². The van der Waals surface area contributed by atoms with Crippen LogP contribution in [0.25, 0.3) is 0 Å². The number of piperidine rings is 2. The number of carbonyl (C=O) groups excluding carboxylic acids is 2. The van der Waals surface area contributed by atoms with Crippen molar-refractivity contribution >= 4 is 35.2 Å². The molecule has 14 heteroatoms. The van der Waals surface area contributed by atoms with Crippen molar-refractivity contribution < 1.29 is 28.6 Å². The van der Waals surface area contributed by atoms with Gasteiger partial charge in [0.2, 0.25) is 11.7 Å². The van der Waals surface area contributed by atoms with Gasteiger partial charge in [-0.3, -0.25) is 9.69 Å². The third-order valence-electron chi connectivity index (χ3n) is 9.60. The number of morpholine rings is 1. The van der Waals surface area contributed by atoms with E-state index in [0.717, 1.165) is 32.5 Å². The van der Waals surface area contributed by atoms with Gasteiger partial charge in [-0.25, -0.2) is 19.6 Å². The summed E-state index contributed by atoms with van der Waals surface area (Å²) in [7, 11) is 0. The highest BCUT2D eigenvalue weighted by atomic mass is 19.1. The number of carboxylic acids is 1. The van der Waals surface area contributed by atoms with Crippen molar-refractivity contribution in [2.24, 2.45) is 5.92 Å². The van der Waals surface area contributed by atoms with Crippen LogP contribution in [-0.2, 0) is 27.3 Å². The maximum Gasteiger partial charge on any atom is 0.326 e. The van der Waals surface area contributed by atoms with Gasteiger partial charge in [-0.2, -0.15) is 4.39 Å². The maximum atomic E-state index is 15.8. The first-order chi connectivity index (χ1) is 24.3. The lowest BCUT2D eigenvalue weighted by Crippen LogP contribution is -2.49. The smallest absolute Gasteiger partial charge is 0.326 e. The lowest BCUT2D eigenvalue weighted by Gasteiger charge is -2.34. The zero-order valence-electron chi connectivity index (χ0n) is 28.1. The van der Waals surface area contributed by atoms with Gasteiger partial charge in [0.15, 0.2) is 11.6 Å². The second kappa shape index (κ2) is 16.7. The van der Waals surface area contributed by atoms with E-state index in [1.54, 1.807) is 34.1 Å². The van der Waals surface area contributed by atoms with Crippen LogP contribution in [0.2, 0.25) is 0 Å². The molecule has 3 fully saturated rings. The molecule has 0 bridgehead atoms. The fourth-order valence-electron chi connectivity index (χ4n) is 6.75. The number of urea groups is 1. The zero-order chi connectivity index (χ0) is 34.9. The summed E-state index contributed by atoms with van der Waals surface area (Å²) in [6.07, 6.45) is 4.30. The van der Waals surface area contributed by atoms with Crippen LogP contribution in [0.3, 0.4) is 0 Å². The molecule has 13 nitrogen and oxygen atoms in total. The summed E-state index contributed by atoms with van der Waals surface area (Å²) in [5.41, 5.74) is 2.55. The Labute approximate surface area is 291 Å². The summed E-state index contributed by atoms with van der Waals surface area (Å²) in [6, 6.07) is 15.9. The molecule has 0 spiro atoms. The highest BCUT2D eigenvalue weighted by Crippen LogP contribution is 2.28. The number of hydrogen-bond donors (Lipinski definition) is 4. The minimum atomic E-state index is -1.16. The molecule has 4 N–H and O–H groups in total. The number of rotatable bonds is 11. The molecule has 1 aromatic heterocycles. The lowest BCUT2D eigenvalue weighted by molar-refractivity contribution is -0.142. The molecule has 2 aromatic carbocycles. The molecule has 0 saturated carbocycles. The van der Waals surface area contributed by atoms with Crippen LogP contribution in [0.4, 0.5) is 26.5 Å². The van der Waals surface area contributed by atoms with E-state index in [4.69, 9.17) is 4.74 Å². The number of benzene rings is 2. The Morgan fingerprint density at radius 1 is 0.920 bits per heavy atom. The minimum Gasteiger partial charge on any atom is -0.480 e. The molecule has 3 aromatic rings. The fourth-order valence-corrected chi connectivity index (χ4v) is 6.75. The Kier molecular flexibility index (Phi) is 11.7. The van der Waals surface area contributed by atoms with Crippen molar-refractivity contribution in [2.75, 3.05) is 68.0 Å². The number of carboxylic acid groups (broad SMARTS) is 1. The largest absolute Gasteiger partial charge is 0.480 e. The van der Waals surface area contributed by atoms with Gasteiger partial charge in [-0.05, 0) is 48.9 Å². The van der Waals surface area contributed by atoms with E-state index in [0.29, 0.717) is 56.9 Å². The first-order valence-electron chi connectivity index (χ1n) is 17.4. The second-order valence-electron chi connectivity index (χ2n) is 13.2. The van der Waals surface area contributed by atoms with E-state index in [1.807, 2.05) is 18.2 Å². The van der Waals surface area contributed by atoms with Crippen LogP contribution in [0, 0.1) is 11.7 Å². The van der Waals surface area contributed by atoms with Crippen LogP contribution < -0.4 is 20.9 Å². The first-order valence-corrected chi connectivity index (χ1v) is 17.4. The quantitative estimate of drug-likeness (QED) is 0.235. The molecule has 6 rings (SSSR count). The number of aromatic nitrogens is 2. The number of carbonyl (C=O) groups is 3. The van der Waals surface area contributed by atoms with E-state index >= 15 is 4.39 Å². The second-order valence-corrected chi connectivity index (χ2v) is 13.2. The number of aliphatic carboxylic acids is 1. The third-order valence-corrected chi connectivity index (χ3v) is 9.60. The molecule has 0 aliphatic carbocycles. The summed E-state index contributed by atoms with van der Waals surface area (Å²) in [5.74, 6) is -2.35. The van der Waals surface area contributed by atoms with Crippen LogP contribution in [-0.4, -0.2) is 107 Å². The standard InChI is InChI=1S/C36H45FN8O5/c37-31-32(40-29-12-15-43(16-13-29)22-26-5-2-1-3-6-26)38-24-39-33(31)45-14-4-7-27(23-45)34(46)42-30(35(47)48)21-25-8-10-28(11-9-25)41-36(49)44-17-19-50-20-18-44/h1-3,5-6,8-11,24,27,29-30H,4,7,12-23H2,(H,41,49)(H,42,46)(H,47,48)(H,38,39,40)/t27?,30-/m0/s1. The molecule has 3 aliphatic rings. The van der Waals surface area contributed by atoms with Crippen molar-refractivity contribution in [3.05, 3.63) is 77.9 Å². The van der Waals surface area contributed by atoms with Gasteiger partial charge < -0.3 is 35.6 Å². The maximum absolute atomic E-state index is 15.8. The average Bonchev–Trinajstić information content (AvgIpc) is 3.14. The van der Waals surface area contributed by atoms with Gasteiger partial charge in [0.1, 0.15) is 12.4 Å². The zero-order valence-corrected chi connectivity index (χ0v) is 28.1. The number of nitrogens with zero attached hydrogens (tertiary/aromatic N) is 5. The molecule has 0 radical (unpaired) electrons. The first kappa shape index (κ1) is 35.0. The van der Waals surface area contributed by atoms with Crippen molar-refractivity contribution in [3.8, 4) is 0 Å². The minimum absolute atomic E-state index is 0.0654. The SMILES string of the molecule is O=C(N[C@@H](Cc1ccc(NC(=O)N2CCOCC2)cc1)C(=O)O)C1CCCN(c2ncnc(NC3CCN(Cc4ccccc4)CC3)c2F)C1. The van der Waals surface area contributed by atoms with Gasteiger partial charge in [-0.15, -0.1) is 0 Å².